The predicted octanol–water partition coefficient (Wildman–Crippen LogP) is 7.50. The Kier molecular flexibility index (Phi) is 7.20. The quantitative estimate of drug-likeness (QED) is 0.177. The highest BCUT2D eigenvalue weighted by atomic mass is 35.5. The summed E-state index contributed by atoms with van der Waals surface area (Å²) in [5.41, 5.74) is 3.99. The van der Waals surface area contributed by atoms with Crippen LogP contribution in [0.25, 0.3) is 27.0 Å². The number of fused-ring (bicyclic) bond motifs is 1. The molecule has 0 bridgehead atoms. The van der Waals surface area contributed by atoms with Gasteiger partial charge in [-0.05, 0) is 56.2 Å². The number of para-hydroxylation sites is 1. The number of carbonyl (C=O) groups is 1. The summed E-state index contributed by atoms with van der Waals surface area (Å²) in [5, 5.41) is 4.05. The highest BCUT2D eigenvalue weighted by Gasteiger charge is 2.24. The third kappa shape index (κ3) is 5.07. The van der Waals surface area contributed by atoms with E-state index in [0.717, 1.165) is 21.6 Å². The van der Waals surface area contributed by atoms with Gasteiger partial charge in [0.25, 0.3) is 5.56 Å². The van der Waals surface area contributed by atoms with Crippen LogP contribution in [0.15, 0.2) is 88.8 Å². The maximum absolute atomic E-state index is 14.1. The first-order valence-electron chi connectivity index (χ1n) is 11.7. The fourth-order valence-electron chi connectivity index (χ4n) is 4.11. The number of halogens is 1. The minimum atomic E-state index is -0.519. The minimum absolute atomic E-state index is 0.153. The third-order valence-corrected chi connectivity index (χ3v) is 8.50. The van der Waals surface area contributed by atoms with Gasteiger partial charge in [0, 0.05) is 21.2 Å². The van der Waals surface area contributed by atoms with Crippen LogP contribution in [0.4, 0.5) is 5.69 Å². The van der Waals surface area contributed by atoms with E-state index >= 15 is 0 Å². The van der Waals surface area contributed by atoms with Crippen LogP contribution in [-0.2, 0) is 4.79 Å². The number of anilines is 1. The number of hydrogen-bond donors (Lipinski definition) is 1. The van der Waals surface area contributed by atoms with Gasteiger partial charge in [-0.1, -0.05) is 78.0 Å². The van der Waals surface area contributed by atoms with Crippen LogP contribution in [0, 0.1) is 13.8 Å². The lowest BCUT2D eigenvalue weighted by molar-refractivity contribution is -0.115. The average Bonchev–Trinajstić information content (AvgIpc) is 3.23. The lowest BCUT2D eigenvalue weighted by atomic mass is 10.0. The van der Waals surface area contributed by atoms with Gasteiger partial charge in [-0.15, -0.1) is 11.3 Å². The van der Waals surface area contributed by atoms with Crippen LogP contribution in [-0.4, -0.2) is 20.7 Å². The number of nitrogens with one attached hydrogen (secondary N) is 1. The standard InChI is InChI=1S/C29H24ClN3O2S2/c1-17-14-15-21(16-23(17)30)31-26(34)19(3)37-29-32-27-25(28(35)33(29)22-12-8-5-9-13-22)24(18(2)36-27)20-10-6-4-7-11-20/h4-16,19H,1-3H3,(H,31,34). The van der Waals surface area contributed by atoms with Crippen molar-refractivity contribution in [1.82, 2.24) is 9.55 Å². The number of rotatable bonds is 6. The molecular weight excluding hydrogens is 522 g/mol. The van der Waals surface area contributed by atoms with Crippen molar-refractivity contribution in [2.45, 2.75) is 31.2 Å². The maximum atomic E-state index is 14.1. The van der Waals surface area contributed by atoms with Crippen molar-refractivity contribution in [2.75, 3.05) is 5.32 Å². The van der Waals surface area contributed by atoms with Gasteiger partial charge in [0.05, 0.1) is 16.3 Å². The lowest BCUT2D eigenvalue weighted by Gasteiger charge is -2.16. The van der Waals surface area contributed by atoms with E-state index in [2.05, 4.69) is 5.32 Å². The Hall–Kier alpha value is -3.39. The number of benzene rings is 3. The second-order valence-electron chi connectivity index (χ2n) is 8.66. The molecule has 1 N–H and O–H groups in total. The van der Waals surface area contributed by atoms with Crippen molar-refractivity contribution in [1.29, 1.82) is 0 Å². The Labute approximate surface area is 228 Å². The summed E-state index contributed by atoms with van der Waals surface area (Å²) in [7, 11) is 0. The number of thioether (sulfide) groups is 1. The molecule has 0 fully saturated rings. The van der Waals surface area contributed by atoms with E-state index in [0.29, 0.717) is 31.8 Å². The first-order chi connectivity index (χ1) is 17.8. The summed E-state index contributed by atoms with van der Waals surface area (Å²) in [6, 6.07) is 24.7. The summed E-state index contributed by atoms with van der Waals surface area (Å²) in [6.45, 7) is 5.72. The van der Waals surface area contributed by atoms with E-state index in [9.17, 15) is 9.59 Å². The Bertz CT molecular complexity index is 1660. The van der Waals surface area contributed by atoms with Gasteiger partial charge in [-0.3, -0.25) is 14.2 Å². The first kappa shape index (κ1) is 25.3. The van der Waals surface area contributed by atoms with Crippen molar-refractivity contribution in [3.63, 3.8) is 0 Å². The molecule has 2 heterocycles. The Morgan fingerprint density at radius 3 is 2.38 bits per heavy atom. The molecule has 5 aromatic rings. The van der Waals surface area contributed by atoms with Crippen LogP contribution in [0.3, 0.4) is 0 Å². The molecule has 0 aliphatic rings. The minimum Gasteiger partial charge on any atom is -0.325 e. The van der Waals surface area contributed by atoms with Crippen LogP contribution < -0.4 is 10.9 Å². The monoisotopic (exact) mass is 545 g/mol. The molecule has 1 unspecified atom stereocenters. The van der Waals surface area contributed by atoms with Gasteiger partial charge in [0.15, 0.2) is 5.16 Å². The van der Waals surface area contributed by atoms with Gasteiger partial charge >= 0.3 is 0 Å². The van der Waals surface area contributed by atoms with Crippen LogP contribution in [0.2, 0.25) is 5.02 Å². The Morgan fingerprint density at radius 2 is 1.70 bits per heavy atom. The fourth-order valence-corrected chi connectivity index (χ4v) is 6.30. The SMILES string of the molecule is Cc1ccc(NC(=O)C(C)Sc2nc3sc(C)c(-c4ccccc4)c3c(=O)n2-c2ccccc2)cc1Cl. The molecule has 0 saturated heterocycles. The summed E-state index contributed by atoms with van der Waals surface area (Å²) >= 11 is 8.97. The van der Waals surface area contributed by atoms with Gasteiger partial charge in [-0.25, -0.2) is 4.98 Å². The van der Waals surface area contributed by atoms with Gasteiger partial charge < -0.3 is 5.32 Å². The summed E-state index contributed by atoms with van der Waals surface area (Å²) in [6.07, 6.45) is 0. The molecule has 0 aliphatic heterocycles. The number of aromatic nitrogens is 2. The molecule has 37 heavy (non-hydrogen) atoms. The van der Waals surface area contributed by atoms with Crippen LogP contribution in [0.5, 0.6) is 0 Å². The molecule has 5 nitrogen and oxygen atoms in total. The number of thiophene rings is 1. The molecule has 8 heteroatoms. The normalized spacial score (nSPS) is 12.0. The molecule has 186 valence electrons. The summed E-state index contributed by atoms with van der Waals surface area (Å²) in [4.78, 5) is 33.7. The van der Waals surface area contributed by atoms with Gasteiger partial charge in [0.1, 0.15) is 4.83 Å². The Balaban J connectivity index is 1.58. The van der Waals surface area contributed by atoms with E-state index in [4.69, 9.17) is 16.6 Å². The van der Waals surface area contributed by atoms with Crippen molar-refractivity contribution < 1.29 is 4.79 Å². The number of amides is 1. The van der Waals surface area contributed by atoms with E-state index in [1.807, 2.05) is 86.6 Å². The molecule has 1 amide bonds. The maximum Gasteiger partial charge on any atom is 0.268 e. The second-order valence-corrected chi connectivity index (χ2v) is 11.6. The topological polar surface area (TPSA) is 64.0 Å². The smallest absolute Gasteiger partial charge is 0.268 e. The van der Waals surface area contributed by atoms with Crippen molar-refractivity contribution >= 4 is 56.5 Å². The highest BCUT2D eigenvalue weighted by Crippen LogP contribution is 2.37. The van der Waals surface area contributed by atoms with Gasteiger partial charge in [0.2, 0.25) is 5.91 Å². The molecule has 5 rings (SSSR count). The number of nitrogens with zero attached hydrogens (tertiary/aromatic N) is 2. The molecule has 0 radical (unpaired) electrons. The van der Waals surface area contributed by atoms with Crippen molar-refractivity contribution in [3.05, 3.63) is 105 Å². The van der Waals surface area contributed by atoms with E-state index in [1.165, 1.54) is 23.1 Å². The number of hydrogen-bond acceptors (Lipinski definition) is 5. The first-order valence-corrected chi connectivity index (χ1v) is 13.8. The molecular formula is C29H24ClN3O2S2. The van der Waals surface area contributed by atoms with Gasteiger partial charge in [-0.2, -0.15) is 0 Å². The largest absolute Gasteiger partial charge is 0.325 e. The third-order valence-electron chi connectivity index (χ3n) is 6.04. The number of aryl methyl sites for hydroxylation is 2. The molecule has 0 spiro atoms. The zero-order valence-corrected chi connectivity index (χ0v) is 22.9. The van der Waals surface area contributed by atoms with E-state index in [-0.39, 0.29) is 11.5 Å². The molecule has 3 aromatic carbocycles. The average molecular weight is 546 g/mol. The highest BCUT2D eigenvalue weighted by molar-refractivity contribution is 8.00. The lowest BCUT2D eigenvalue weighted by Crippen LogP contribution is -2.26. The fraction of sp³-hybridized carbons (Fsp3) is 0.138. The number of carbonyl (C=O) groups excluding carboxylic acids is 1. The zero-order chi connectivity index (χ0) is 26.1. The summed E-state index contributed by atoms with van der Waals surface area (Å²) in [5.74, 6) is -0.203. The van der Waals surface area contributed by atoms with Crippen molar-refractivity contribution in [2.24, 2.45) is 0 Å². The Morgan fingerprint density at radius 1 is 1.03 bits per heavy atom. The summed E-state index contributed by atoms with van der Waals surface area (Å²) < 4.78 is 1.61. The van der Waals surface area contributed by atoms with Crippen LogP contribution in [0.1, 0.15) is 17.4 Å². The zero-order valence-electron chi connectivity index (χ0n) is 20.5. The predicted molar refractivity (Wildman–Crippen MR) is 156 cm³/mol. The van der Waals surface area contributed by atoms with E-state index in [1.54, 1.807) is 17.6 Å². The van der Waals surface area contributed by atoms with E-state index < -0.39 is 5.25 Å². The van der Waals surface area contributed by atoms with Crippen molar-refractivity contribution in [3.8, 4) is 16.8 Å². The molecule has 0 aliphatic carbocycles. The van der Waals surface area contributed by atoms with Crippen LogP contribution >= 0.6 is 34.7 Å². The molecule has 1 atom stereocenters. The second kappa shape index (κ2) is 10.5. The molecule has 0 saturated carbocycles. The molecule has 2 aromatic heterocycles.